The lowest BCUT2D eigenvalue weighted by Gasteiger charge is -2.36. The molecule has 1 aliphatic heterocycles. The molecule has 1 atom stereocenters. The van der Waals surface area contributed by atoms with E-state index in [0.29, 0.717) is 30.7 Å². The van der Waals surface area contributed by atoms with E-state index >= 15 is 0 Å². The van der Waals surface area contributed by atoms with Gasteiger partial charge in [-0.2, -0.15) is 0 Å². The second kappa shape index (κ2) is 11.3. The van der Waals surface area contributed by atoms with Crippen LogP contribution in [-0.2, 0) is 38.5 Å². The van der Waals surface area contributed by atoms with Crippen LogP contribution in [0.1, 0.15) is 23.1 Å². The molecular weight excluding hydrogens is 444 g/mol. The van der Waals surface area contributed by atoms with Crippen molar-refractivity contribution in [1.82, 2.24) is 4.90 Å². The standard InChI is InChI=1S/C28H28N2O5/c1-34-27(32)19-35-24-14-13-21-17-25(28(33)29-23-10-6-3-7-11-23)30(18-22(21)16-24)26(31)15-12-20-8-4-2-5-9-20/h2-11,13-14,16,25H,12,15,17-19H2,1H3,(H,29,33)/t25-/m0/s1. The Balaban J connectivity index is 1.54. The first-order valence-electron chi connectivity index (χ1n) is 11.5. The van der Waals surface area contributed by atoms with Crippen molar-refractivity contribution in [2.24, 2.45) is 0 Å². The lowest BCUT2D eigenvalue weighted by Crippen LogP contribution is -2.50. The maximum atomic E-state index is 13.3. The number of para-hydroxylation sites is 1. The molecule has 3 aromatic carbocycles. The molecule has 2 amide bonds. The van der Waals surface area contributed by atoms with Crippen molar-refractivity contribution in [1.29, 1.82) is 0 Å². The zero-order valence-electron chi connectivity index (χ0n) is 19.6. The highest BCUT2D eigenvalue weighted by Gasteiger charge is 2.34. The molecule has 0 aliphatic carbocycles. The number of methoxy groups -OCH3 is 1. The van der Waals surface area contributed by atoms with Crippen LogP contribution in [0.3, 0.4) is 0 Å². The summed E-state index contributed by atoms with van der Waals surface area (Å²) in [5.74, 6) is -0.273. The Bertz CT molecular complexity index is 1180. The number of hydrogen-bond donors (Lipinski definition) is 1. The first-order valence-corrected chi connectivity index (χ1v) is 11.5. The van der Waals surface area contributed by atoms with E-state index in [4.69, 9.17) is 4.74 Å². The fourth-order valence-corrected chi connectivity index (χ4v) is 4.13. The van der Waals surface area contributed by atoms with Crippen LogP contribution < -0.4 is 10.1 Å². The summed E-state index contributed by atoms with van der Waals surface area (Å²) < 4.78 is 10.1. The van der Waals surface area contributed by atoms with E-state index in [2.05, 4.69) is 10.1 Å². The highest BCUT2D eigenvalue weighted by molar-refractivity contribution is 5.97. The number of aryl methyl sites for hydroxylation is 1. The minimum atomic E-state index is -0.632. The summed E-state index contributed by atoms with van der Waals surface area (Å²) in [4.78, 5) is 39.7. The van der Waals surface area contributed by atoms with Gasteiger partial charge in [0.05, 0.1) is 7.11 Å². The number of ether oxygens (including phenoxy) is 2. The molecule has 7 heteroatoms. The number of amides is 2. The number of rotatable bonds is 8. The van der Waals surface area contributed by atoms with Crippen molar-refractivity contribution in [2.75, 3.05) is 19.0 Å². The number of fused-ring (bicyclic) bond motifs is 1. The van der Waals surface area contributed by atoms with Crippen LogP contribution in [0.5, 0.6) is 5.75 Å². The van der Waals surface area contributed by atoms with Crippen molar-refractivity contribution >= 4 is 23.5 Å². The number of carbonyl (C=O) groups is 3. The van der Waals surface area contributed by atoms with E-state index in [1.54, 1.807) is 11.0 Å². The molecule has 0 radical (unpaired) electrons. The molecule has 3 aromatic rings. The molecule has 7 nitrogen and oxygen atoms in total. The Morgan fingerprint density at radius 2 is 1.66 bits per heavy atom. The summed E-state index contributed by atoms with van der Waals surface area (Å²) in [6, 6.07) is 23.9. The minimum absolute atomic E-state index is 0.0893. The monoisotopic (exact) mass is 472 g/mol. The largest absolute Gasteiger partial charge is 0.482 e. The Hall–Kier alpha value is -4.13. The second-order valence-corrected chi connectivity index (χ2v) is 8.38. The lowest BCUT2D eigenvalue weighted by molar-refractivity contribution is -0.142. The first kappa shape index (κ1) is 24.0. The molecule has 0 saturated carbocycles. The van der Waals surface area contributed by atoms with Crippen LogP contribution in [0.15, 0.2) is 78.9 Å². The first-order chi connectivity index (χ1) is 17.0. The molecule has 1 N–H and O–H groups in total. The minimum Gasteiger partial charge on any atom is -0.482 e. The molecule has 4 rings (SSSR count). The quantitative estimate of drug-likeness (QED) is 0.505. The molecule has 0 saturated heterocycles. The Labute approximate surface area is 204 Å². The molecule has 0 spiro atoms. The van der Waals surface area contributed by atoms with Gasteiger partial charge in [0.25, 0.3) is 0 Å². The van der Waals surface area contributed by atoms with Gasteiger partial charge < -0.3 is 19.7 Å². The number of benzene rings is 3. The van der Waals surface area contributed by atoms with Crippen molar-refractivity contribution in [3.8, 4) is 5.75 Å². The van der Waals surface area contributed by atoms with Gasteiger partial charge in [-0.1, -0.05) is 54.6 Å². The van der Waals surface area contributed by atoms with Crippen LogP contribution >= 0.6 is 0 Å². The van der Waals surface area contributed by atoms with Crippen molar-refractivity contribution < 1.29 is 23.9 Å². The molecule has 0 fully saturated rings. The van der Waals surface area contributed by atoms with Gasteiger partial charge in [0, 0.05) is 25.1 Å². The lowest BCUT2D eigenvalue weighted by atomic mass is 9.92. The van der Waals surface area contributed by atoms with Crippen LogP contribution in [0, 0.1) is 0 Å². The third-order valence-electron chi connectivity index (χ3n) is 6.03. The molecule has 180 valence electrons. The van der Waals surface area contributed by atoms with Crippen molar-refractivity contribution in [3.63, 3.8) is 0 Å². The molecule has 0 aromatic heterocycles. The average molecular weight is 473 g/mol. The number of nitrogens with one attached hydrogen (secondary N) is 1. The Morgan fingerprint density at radius 3 is 2.37 bits per heavy atom. The zero-order valence-corrected chi connectivity index (χ0v) is 19.6. The summed E-state index contributed by atoms with van der Waals surface area (Å²) in [7, 11) is 1.30. The van der Waals surface area contributed by atoms with E-state index in [-0.39, 0.29) is 25.0 Å². The molecule has 1 aliphatic rings. The number of anilines is 1. The Morgan fingerprint density at radius 1 is 0.943 bits per heavy atom. The van der Waals surface area contributed by atoms with Crippen LogP contribution in [0.2, 0.25) is 0 Å². The van der Waals surface area contributed by atoms with E-state index in [0.717, 1.165) is 16.7 Å². The number of hydrogen-bond acceptors (Lipinski definition) is 5. The van der Waals surface area contributed by atoms with Gasteiger partial charge in [-0.3, -0.25) is 9.59 Å². The fraction of sp³-hybridized carbons (Fsp3) is 0.250. The van der Waals surface area contributed by atoms with E-state index < -0.39 is 12.0 Å². The zero-order chi connectivity index (χ0) is 24.6. The smallest absolute Gasteiger partial charge is 0.343 e. The third kappa shape index (κ3) is 6.26. The van der Waals surface area contributed by atoms with Crippen LogP contribution in [0.4, 0.5) is 5.69 Å². The number of esters is 1. The highest BCUT2D eigenvalue weighted by atomic mass is 16.6. The van der Waals surface area contributed by atoms with Gasteiger partial charge >= 0.3 is 5.97 Å². The van der Waals surface area contributed by atoms with E-state index in [9.17, 15) is 14.4 Å². The van der Waals surface area contributed by atoms with Gasteiger partial charge in [0.2, 0.25) is 11.8 Å². The van der Waals surface area contributed by atoms with Gasteiger partial charge in [0.1, 0.15) is 11.8 Å². The Kier molecular flexibility index (Phi) is 7.77. The second-order valence-electron chi connectivity index (χ2n) is 8.38. The van der Waals surface area contributed by atoms with Gasteiger partial charge in [-0.25, -0.2) is 4.79 Å². The summed E-state index contributed by atoms with van der Waals surface area (Å²) in [5, 5.41) is 2.94. The summed E-state index contributed by atoms with van der Waals surface area (Å²) >= 11 is 0. The average Bonchev–Trinajstić information content (AvgIpc) is 2.90. The fourth-order valence-electron chi connectivity index (χ4n) is 4.13. The molecule has 1 heterocycles. The molecular formula is C28H28N2O5. The van der Waals surface area contributed by atoms with E-state index in [1.807, 2.05) is 72.8 Å². The van der Waals surface area contributed by atoms with Gasteiger partial charge in [0.15, 0.2) is 6.61 Å². The topological polar surface area (TPSA) is 84.9 Å². The number of carbonyl (C=O) groups excluding carboxylic acids is 3. The maximum absolute atomic E-state index is 13.3. The molecule has 35 heavy (non-hydrogen) atoms. The van der Waals surface area contributed by atoms with Crippen molar-refractivity contribution in [2.45, 2.75) is 31.8 Å². The molecule has 0 bridgehead atoms. The SMILES string of the molecule is COC(=O)COc1ccc2c(c1)CN(C(=O)CCc1ccccc1)[C@H](C(=O)Nc1ccccc1)C2. The predicted octanol–water partition coefficient (Wildman–Crippen LogP) is 3.76. The maximum Gasteiger partial charge on any atom is 0.343 e. The van der Waals surface area contributed by atoms with Gasteiger partial charge in [-0.15, -0.1) is 0 Å². The predicted molar refractivity (Wildman–Crippen MR) is 132 cm³/mol. The van der Waals surface area contributed by atoms with Crippen LogP contribution in [-0.4, -0.2) is 42.4 Å². The van der Waals surface area contributed by atoms with Crippen LogP contribution in [0.25, 0.3) is 0 Å². The van der Waals surface area contributed by atoms with Crippen molar-refractivity contribution in [3.05, 3.63) is 95.6 Å². The molecule has 0 unspecified atom stereocenters. The highest BCUT2D eigenvalue weighted by Crippen LogP contribution is 2.28. The van der Waals surface area contributed by atoms with Gasteiger partial charge in [-0.05, 0) is 47.4 Å². The normalized spacial score (nSPS) is 14.5. The summed E-state index contributed by atoms with van der Waals surface area (Å²) in [5.41, 5.74) is 3.62. The third-order valence-corrected chi connectivity index (χ3v) is 6.03. The van der Waals surface area contributed by atoms with E-state index in [1.165, 1.54) is 7.11 Å². The summed E-state index contributed by atoms with van der Waals surface area (Å²) in [6.45, 7) is 0.0857. The summed E-state index contributed by atoms with van der Waals surface area (Å²) in [6.07, 6.45) is 1.29. The number of nitrogens with zero attached hydrogens (tertiary/aromatic N) is 1.